The zero-order valence-electron chi connectivity index (χ0n) is 24.8. The molecule has 3 aromatic carbocycles. The molecule has 228 valence electrons. The third-order valence-corrected chi connectivity index (χ3v) is 8.54. The van der Waals surface area contributed by atoms with Crippen LogP contribution in [0.5, 0.6) is 5.75 Å². The van der Waals surface area contributed by atoms with Gasteiger partial charge in [0.25, 0.3) is 11.2 Å². The Morgan fingerprint density at radius 1 is 1.11 bits per heavy atom. The van der Waals surface area contributed by atoms with Crippen LogP contribution in [0, 0.1) is 10.1 Å². The van der Waals surface area contributed by atoms with E-state index in [0.717, 1.165) is 17.2 Å². The van der Waals surface area contributed by atoms with Crippen molar-refractivity contribution in [2.75, 3.05) is 13.7 Å². The number of ether oxygens (including phenoxy) is 2. The summed E-state index contributed by atoms with van der Waals surface area (Å²) >= 11 is 1.19. The monoisotopic (exact) mass is 623 g/mol. The van der Waals surface area contributed by atoms with Crippen LogP contribution in [-0.2, 0) is 9.53 Å². The summed E-state index contributed by atoms with van der Waals surface area (Å²) in [4.78, 5) is 44.0. The molecule has 0 aliphatic carbocycles. The second-order valence-electron chi connectivity index (χ2n) is 10.3. The van der Waals surface area contributed by atoms with Crippen molar-refractivity contribution in [1.29, 1.82) is 0 Å². The van der Waals surface area contributed by atoms with Gasteiger partial charge in [0.15, 0.2) is 4.80 Å². The fraction of sp³-hybridized carbons (Fsp3) is 0.206. The van der Waals surface area contributed by atoms with Crippen molar-refractivity contribution in [3.63, 3.8) is 0 Å². The molecule has 6 rings (SSSR count). The first-order chi connectivity index (χ1) is 21.8. The van der Waals surface area contributed by atoms with Gasteiger partial charge in [-0.3, -0.25) is 19.5 Å². The number of aromatic nitrogens is 1. The molecule has 11 heteroatoms. The van der Waals surface area contributed by atoms with Crippen molar-refractivity contribution < 1.29 is 23.6 Å². The van der Waals surface area contributed by atoms with Crippen LogP contribution in [0.2, 0.25) is 0 Å². The van der Waals surface area contributed by atoms with Crippen LogP contribution in [0.15, 0.2) is 98.3 Å². The molecular formula is C34H29N3O7S. The number of carbonyl (C=O) groups is 1. The molecule has 0 bridgehead atoms. The third kappa shape index (κ3) is 5.46. The van der Waals surface area contributed by atoms with Gasteiger partial charge in [-0.2, -0.15) is 0 Å². The number of thiazole rings is 1. The van der Waals surface area contributed by atoms with Crippen molar-refractivity contribution in [3.05, 3.63) is 125 Å². The van der Waals surface area contributed by atoms with Crippen LogP contribution in [0.25, 0.3) is 28.2 Å². The van der Waals surface area contributed by atoms with Crippen molar-refractivity contribution in [2.45, 2.75) is 32.7 Å². The molecule has 1 atom stereocenters. The molecule has 0 spiro atoms. The van der Waals surface area contributed by atoms with E-state index >= 15 is 0 Å². The van der Waals surface area contributed by atoms with E-state index in [1.54, 1.807) is 44.4 Å². The number of rotatable bonds is 9. The highest BCUT2D eigenvalue weighted by Crippen LogP contribution is 2.41. The van der Waals surface area contributed by atoms with Gasteiger partial charge in [0.2, 0.25) is 0 Å². The zero-order chi connectivity index (χ0) is 31.7. The summed E-state index contributed by atoms with van der Waals surface area (Å²) in [5, 5.41) is 13.0. The summed E-state index contributed by atoms with van der Waals surface area (Å²) in [5.74, 6) is 0.803. The highest BCUT2D eigenvalue weighted by molar-refractivity contribution is 7.07. The number of allylic oxidation sites excluding steroid dienone is 1. The van der Waals surface area contributed by atoms with Crippen molar-refractivity contribution in [3.8, 4) is 17.1 Å². The van der Waals surface area contributed by atoms with Crippen LogP contribution in [0.4, 0.5) is 5.69 Å². The van der Waals surface area contributed by atoms with Gasteiger partial charge in [0, 0.05) is 29.3 Å². The van der Waals surface area contributed by atoms with Gasteiger partial charge in [0.1, 0.15) is 23.3 Å². The second-order valence-corrected chi connectivity index (χ2v) is 11.3. The summed E-state index contributed by atoms with van der Waals surface area (Å²) in [6.45, 7) is 3.91. The van der Waals surface area contributed by atoms with Crippen LogP contribution < -0.4 is 19.6 Å². The lowest BCUT2D eigenvalue weighted by atomic mass is 9.90. The van der Waals surface area contributed by atoms with E-state index in [9.17, 15) is 19.7 Å². The molecule has 45 heavy (non-hydrogen) atoms. The first-order valence-corrected chi connectivity index (χ1v) is 15.3. The van der Waals surface area contributed by atoms with Crippen LogP contribution >= 0.6 is 11.3 Å². The Kier molecular flexibility index (Phi) is 8.18. The second kappa shape index (κ2) is 12.4. The minimum atomic E-state index is -0.859. The van der Waals surface area contributed by atoms with E-state index in [0.29, 0.717) is 55.4 Å². The molecule has 0 fully saturated rings. The van der Waals surface area contributed by atoms with Crippen LogP contribution in [-0.4, -0.2) is 29.2 Å². The van der Waals surface area contributed by atoms with Crippen molar-refractivity contribution in [1.82, 2.24) is 4.57 Å². The van der Waals surface area contributed by atoms with Gasteiger partial charge in [-0.1, -0.05) is 67.1 Å². The maximum atomic E-state index is 14.3. The summed E-state index contributed by atoms with van der Waals surface area (Å²) in [6, 6.07) is 20.2. The topological polar surface area (TPSA) is 126 Å². The predicted molar refractivity (Wildman–Crippen MR) is 171 cm³/mol. The lowest BCUT2D eigenvalue weighted by Crippen LogP contribution is -2.40. The SMILES string of the molecule is CCCC1=C(C(=O)OCC)C(c2c(OC)ccc3ccccc23)n2c(s/c(=C\c3ccc(-c4cccc([N+](=O)[O-])c4)o3)c2=O)=N1. The molecule has 2 aromatic heterocycles. The maximum Gasteiger partial charge on any atom is 0.338 e. The lowest BCUT2D eigenvalue weighted by Gasteiger charge is -2.28. The zero-order valence-corrected chi connectivity index (χ0v) is 25.6. The Balaban J connectivity index is 1.58. The molecule has 1 aliphatic heterocycles. The third-order valence-electron chi connectivity index (χ3n) is 7.56. The number of non-ortho nitro benzene ring substituents is 1. The number of hydrogen-bond acceptors (Lipinski definition) is 9. The normalized spacial score (nSPS) is 14.7. The van der Waals surface area contributed by atoms with Crippen molar-refractivity contribution >= 4 is 39.8 Å². The fourth-order valence-electron chi connectivity index (χ4n) is 5.62. The number of nitro groups is 1. The van der Waals surface area contributed by atoms with E-state index in [1.807, 2.05) is 43.3 Å². The number of nitro benzene ring substituents is 1. The van der Waals surface area contributed by atoms with E-state index in [2.05, 4.69) is 0 Å². The Hall–Kier alpha value is -5.29. The molecule has 1 unspecified atom stereocenters. The number of nitrogens with zero attached hydrogens (tertiary/aromatic N) is 3. The summed E-state index contributed by atoms with van der Waals surface area (Å²) < 4.78 is 19.3. The van der Waals surface area contributed by atoms with E-state index in [1.165, 1.54) is 28.0 Å². The van der Waals surface area contributed by atoms with Gasteiger partial charge in [-0.25, -0.2) is 9.79 Å². The average Bonchev–Trinajstić information content (AvgIpc) is 3.64. The molecule has 0 radical (unpaired) electrons. The Labute approximate surface area is 261 Å². The van der Waals surface area contributed by atoms with Crippen LogP contribution in [0.1, 0.15) is 44.1 Å². The maximum absolute atomic E-state index is 14.3. The van der Waals surface area contributed by atoms with E-state index < -0.39 is 16.9 Å². The van der Waals surface area contributed by atoms with Crippen molar-refractivity contribution in [2.24, 2.45) is 4.99 Å². The molecule has 5 aromatic rings. The molecular weight excluding hydrogens is 594 g/mol. The average molecular weight is 624 g/mol. The summed E-state index contributed by atoms with van der Waals surface area (Å²) in [6.07, 6.45) is 2.85. The highest BCUT2D eigenvalue weighted by Gasteiger charge is 2.37. The van der Waals surface area contributed by atoms with Gasteiger partial charge in [-0.05, 0) is 42.3 Å². The quantitative estimate of drug-likeness (QED) is 0.114. The standard InChI is InChI=1S/C34H29N3O7S/c1-4-9-25-30(33(39)43-5-2)31(29-24-13-7-6-10-20(24)14-16-27(29)42-3)36-32(38)28(45-34(36)35-25)19-23-15-17-26(44-23)21-11-8-12-22(18-21)37(40)41/h6-8,10-19,31H,4-5,9H2,1-3H3/b28-19-. The molecule has 1 aliphatic rings. The molecule has 0 saturated heterocycles. The highest BCUT2D eigenvalue weighted by atomic mass is 32.1. The Morgan fingerprint density at radius 2 is 1.93 bits per heavy atom. The Morgan fingerprint density at radius 3 is 2.69 bits per heavy atom. The minimum Gasteiger partial charge on any atom is -0.496 e. The molecule has 3 heterocycles. The Bertz CT molecular complexity index is 2170. The van der Waals surface area contributed by atoms with Gasteiger partial charge in [0.05, 0.1) is 34.4 Å². The fourth-order valence-corrected chi connectivity index (χ4v) is 6.62. The number of fused-ring (bicyclic) bond motifs is 2. The summed E-state index contributed by atoms with van der Waals surface area (Å²) in [7, 11) is 1.56. The van der Waals surface area contributed by atoms with Crippen LogP contribution in [0.3, 0.4) is 0 Å². The number of benzene rings is 3. The van der Waals surface area contributed by atoms with Gasteiger partial charge >= 0.3 is 5.97 Å². The largest absolute Gasteiger partial charge is 0.496 e. The van der Waals surface area contributed by atoms with Gasteiger partial charge < -0.3 is 13.9 Å². The number of hydrogen-bond donors (Lipinski definition) is 0. The smallest absolute Gasteiger partial charge is 0.338 e. The molecule has 0 N–H and O–H groups in total. The molecule has 0 saturated carbocycles. The first kappa shape index (κ1) is 29.8. The lowest BCUT2D eigenvalue weighted by molar-refractivity contribution is -0.384. The number of esters is 1. The number of methoxy groups -OCH3 is 1. The van der Waals surface area contributed by atoms with Gasteiger partial charge in [-0.15, -0.1) is 0 Å². The molecule has 0 amide bonds. The van der Waals surface area contributed by atoms with E-state index in [-0.39, 0.29) is 17.9 Å². The molecule has 10 nitrogen and oxygen atoms in total. The summed E-state index contributed by atoms with van der Waals surface area (Å²) in [5.41, 5.74) is 1.66. The van der Waals surface area contributed by atoms with E-state index in [4.69, 9.17) is 18.9 Å². The number of furan rings is 1. The predicted octanol–water partition coefficient (Wildman–Crippen LogP) is 5.91. The number of carbonyl (C=O) groups excluding carboxylic acids is 1. The minimum absolute atomic E-state index is 0.0529. The first-order valence-electron chi connectivity index (χ1n) is 14.5.